The largest absolute Gasteiger partial charge is 0.491 e. The van der Waals surface area contributed by atoms with E-state index in [9.17, 15) is 5.11 Å². The van der Waals surface area contributed by atoms with E-state index in [1.807, 2.05) is 12.1 Å². The highest BCUT2D eigenvalue weighted by Crippen LogP contribution is 2.43. The molecule has 1 aromatic carbocycles. The number of hydrogen-bond acceptors (Lipinski definition) is 3. The predicted molar refractivity (Wildman–Crippen MR) is 77.5 cm³/mol. The van der Waals surface area contributed by atoms with Gasteiger partial charge in [-0.2, -0.15) is 0 Å². The van der Waals surface area contributed by atoms with E-state index in [1.165, 1.54) is 18.4 Å². The summed E-state index contributed by atoms with van der Waals surface area (Å²) in [6.07, 6.45) is 3.19. The third-order valence-corrected chi connectivity index (χ3v) is 3.81. The van der Waals surface area contributed by atoms with Gasteiger partial charge in [0.2, 0.25) is 0 Å². The molecular weight excluding hydrogens is 238 g/mol. The summed E-state index contributed by atoms with van der Waals surface area (Å²) in [4.78, 5) is 0. The van der Waals surface area contributed by atoms with Crippen molar-refractivity contribution < 1.29 is 9.84 Å². The molecule has 1 aliphatic carbocycles. The molecule has 3 nitrogen and oxygen atoms in total. The van der Waals surface area contributed by atoms with Crippen LogP contribution in [0.25, 0.3) is 0 Å². The summed E-state index contributed by atoms with van der Waals surface area (Å²) in [6, 6.07) is 8.05. The van der Waals surface area contributed by atoms with Crippen molar-refractivity contribution in [2.75, 3.05) is 19.7 Å². The van der Waals surface area contributed by atoms with Gasteiger partial charge in [0.25, 0.3) is 0 Å². The van der Waals surface area contributed by atoms with Crippen LogP contribution in [0.4, 0.5) is 0 Å². The first-order valence-corrected chi connectivity index (χ1v) is 7.22. The zero-order chi connectivity index (χ0) is 13.7. The van der Waals surface area contributed by atoms with Gasteiger partial charge in [-0.1, -0.05) is 26.0 Å². The number of ether oxygens (including phenoxy) is 1. The number of nitrogens with one attached hydrogen (secondary N) is 1. The van der Waals surface area contributed by atoms with Crippen LogP contribution in [0.3, 0.4) is 0 Å². The van der Waals surface area contributed by atoms with Gasteiger partial charge in [-0.15, -0.1) is 0 Å². The van der Waals surface area contributed by atoms with E-state index >= 15 is 0 Å². The van der Waals surface area contributed by atoms with Crippen molar-refractivity contribution in [1.29, 1.82) is 0 Å². The fraction of sp³-hybridized carbons (Fsp3) is 0.625. The molecule has 1 atom stereocenters. The minimum absolute atomic E-state index is 0.342. The summed E-state index contributed by atoms with van der Waals surface area (Å²) in [5.74, 6) is 0.824. The van der Waals surface area contributed by atoms with Crippen molar-refractivity contribution in [1.82, 2.24) is 5.32 Å². The zero-order valence-corrected chi connectivity index (χ0v) is 12.0. The van der Waals surface area contributed by atoms with Crippen LogP contribution in [-0.4, -0.2) is 30.9 Å². The van der Waals surface area contributed by atoms with Gasteiger partial charge in [-0.25, -0.2) is 0 Å². The Morgan fingerprint density at radius 3 is 2.58 bits per heavy atom. The van der Waals surface area contributed by atoms with Crippen LogP contribution < -0.4 is 10.1 Å². The molecule has 1 fully saturated rings. The van der Waals surface area contributed by atoms with Gasteiger partial charge in [0.1, 0.15) is 18.5 Å². The number of aliphatic hydroxyl groups is 1. The summed E-state index contributed by atoms with van der Waals surface area (Å²) < 4.78 is 5.58. The molecule has 0 radical (unpaired) electrons. The van der Waals surface area contributed by atoms with Crippen molar-refractivity contribution in [2.24, 2.45) is 5.41 Å². The highest BCUT2D eigenvalue weighted by atomic mass is 16.5. The second-order valence-electron chi connectivity index (χ2n) is 5.90. The van der Waals surface area contributed by atoms with Crippen LogP contribution in [-0.2, 0) is 6.42 Å². The maximum absolute atomic E-state index is 9.84. The average molecular weight is 263 g/mol. The minimum atomic E-state index is -0.451. The maximum Gasteiger partial charge on any atom is 0.119 e. The number of aryl methyl sites for hydroxylation is 1. The van der Waals surface area contributed by atoms with Crippen molar-refractivity contribution >= 4 is 0 Å². The van der Waals surface area contributed by atoms with E-state index in [2.05, 4.69) is 31.3 Å². The Morgan fingerprint density at radius 1 is 1.32 bits per heavy atom. The normalized spacial score (nSPS) is 18.1. The Kier molecular flexibility index (Phi) is 4.83. The van der Waals surface area contributed by atoms with E-state index in [4.69, 9.17) is 4.74 Å². The van der Waals surface area contributed by atoms with Crippen molar-refractivity contribution in [2.45, 2.75) is 39.2 Å². The Morgan fingerprint density at radius 2 is 2.00 bits per heavy atom. The van der Waals surface area contributed by atoms with Gasteiger partial charge >= 0.3 is 0 Å². The van der Waals surface area contributed by atoms with Crippen molar-refractivity contribution in [3.63, 3.8) is 0 Å². The molecule has 1 unspecified atom stereocenters. The Hall–Kier alpha value is -1.06. The van der Waals surface area contributed by atoms with Gasteiger partial charge in [-0.05, 0) is 42.4 Å². The first-order chi connectivity index (χ1) is 9.11. The molecule has 0 amide bonds. The fourth-order valence-electron chi connectivity index (χ4n) is 2.00. The molecular formula is C16H25NO2. The molecule has 0 aromatic heterocycles. The molecule has 0 bridgehead atoms. The third-order valence-electron chi connectivity index (χ3n) is 3.81. The standard InChI is InChI=1S/C16H25NO2/c1-3-13-4-6-15(7-5-13)19-11-14(18)10-17-12-16(2)8-9-16/h4-7,14,17-18H,3,8-12H2,1-2H3. The van der Waals surface area contributed by atoms with E-state index in [0.29, 0.717) is 18.6 Å². The highest BCUT2D eigenvalue weighted by Gasteiger charge is 2.36. The smallest absolute Gasteiger partial charge is 0.119 e. The lowest BCUT2D eigenvalue weighted by Gasteiger charge is -2.15. The summed E-state index contributed by atoms with van der Waals surface area (Å²) in [5.41, 5.74) is 1.78. The lowest BCUT2D eigenvalue weighted by molar-refractivity contribution is 0.105. The number of aliphatic hydroxyl groups excluding tert-OH is 1. The molecule has 106 valence electrons. The number of rotatable bonds is 8. The summed E-state index contributed by atoms with van der Waals surface area (Å²) in [6.45, 7) is 6.34. The monoisotopic (exact) mass is 263 g/mol. The van der Waals surface area contributed by atoms with Crippen LogP contribution in [0, 0.1) is 5.41 Å². The molecule has 3 heteroatoms. The second-order valence-corrected chi connectivity index (χ2v) is 5.90. The van der Waals surface area contributed by atoms with E-state index in [0.717, 1.165) is 18.7 Å². The SMILES string of the molecule is CCc1ccc(OCC(O)CNCC2(C)CC2)cc1. The lowest BCUT2D eigenvalue weighted by atomic mass is 10.1. The minimum Gasteiger partial charge on any atom is -0.491 e. The molecule has 19 heavy (non-hydrogen) atoms. The van der Waals surface area contributed by atoms with Crippen molar-refractivity contribution in [3.8, 4) is 5.75 Å². The van der Waals surface area contributed by atoms with Gasteiger partial charge in [0.15, 0.2) is 0 Å². The molecule has 1 saturated carbocycles. The van der Waals surface area contributed by atoms with Crippen LogP contribution in [0.2, 0.25) is 0 Å². The number of hydrogen-bond donors (Lipinski definition) is 2. The van der Waals surface area contributed by atoms with Crippen molar-refractivity contribution in [3.05, 3.63) is 29.8 Å². The molecule has 1 aliphatic rings. The lowest BCUT2D eigenvalue weighted by Crippen LogP contribution is -2.34. The predicted octanol–water partition coefficient (Wildman–Crippen LogP) is 2.38. The average Bonchev–Trinajstić information content (AvgIpc) is 3.15. The summed E-state index contributed by atoms with van der Waals surface area (Å²) in [7, 11) is 0. The van der Waals surface area contributed by atoms with Crippen LogP contribution in [0.1, 0.15) is 32.3 Å². The first-order valence-electron chi connectivity index (χ1n) is 7.22. The summed E-state index contributed by atoms with van der Waals surface area (Å²) >= 11 is 0. The van der Waals surface area contributed by atoms with E-state index in [1.54, 1.807) is 0 Å². The molecule has 0 heterocycles. The molecule has 0 saturated heterocycles. The van der Waals surface area contributed by atoms with Crippen LogP contribution >= 0.6 is 0 Å². The molecule has 1 aromatic rings. The maximum atomic E-state index is 9.84. The third kappa shape index (κ3) is 4.84. The summed E-state index contributed by atoms with van der Waals surface area (Å²) in [5, 5.41) is 13.2. The number of benzene rings is 1. The first kappa shape index (κ1) is 14.4. The quantitative estimate of drug-likeness (QED) is 0.756. The van der Waals surface area contributed by atoms with E-state index in [-0.39, 0.29) is 0 Å². The van der Waals surface area contributed by atoms with Gasteiger partial charge < -0.3 is 15.2 Å². The topological polar surface area (TPSA) is 41.5 Å². The molecule has 2 N–H and O–H groups in total. The Balaban J connectivity index is 1.63. The fourth-order valence-corrected chi connectivity index (χ4v) is 2.00. The van der Waals surface area contributed by atoms with Gasteiger partial charge in [0.05, 0.1) is 0 Å². The van der Waals surface area contributed by atoms with Gasteiger partial charge in [0, 0.05) is 13.1 Å². The van der Waals surface area contributed by atoms with E-state index < -0.39 is 6.10 Å². The highest BCUT2D eigenvalue weighted by molar-refractivity contribution is 5.27. The Bertz CT molecular complexity index is 384. The molecule has 0 aliphatic heterocycles. The zero-order valence-electron chi connectivity index (χ0n) is 12.0. The van der Waals surface area contributed by atoms with Gasteiger partial charge in [-0.3, -0.25) is 0 Å². The van der Waals surface area contributed by atoms with Crippen LogP contribution in [0.15, 0.2) is 24.3 Å². The molecule has 0 spiro atoms. The molecule has 2 rings (SSSR count). The van der Waals surface area contributed by atoms with Crippen LogP contribution in [0.5, 0.6) is 5.75 Å². The second kappa shape index (κ2) is 6.40. The Labute approximate surface area is 116 Å².